The zero-order chi connectivity index (χ0) is 11.5. The minimum Gasteiger partial charge on any atom is -0.462 e. The first-order chi connectivity index (χ1) is 7.00. The van der Waals surface area contributed by atoms with Crippen LogP contribution in [0.25, 0.3) is 0 Å². The van der Waals surface area contributed by atoms with Gasteiger partial charge in [-0.1, -0.05) is 6.07 Å². The molecule has 6 heteroatoms. The lowest BCUT2D eigenvalue weighted by atomic mass is 10.1. The highest BCUT2D eigenvalue weighted by atomic mass is 32.1. The molecule has 1 atom stereocenters. The number of hydrogen-bond acceptors (Lipinski definition) is 4. The third-order valence-corrected chi connectivity index (χ3v) is 2.74. The molecule has 0 aliphatic rings. The summed E-state index contributed by atoms with van der Waals surface area (Å²) in [6.07, 6.45) is 0. The van der Waals surface area contributed by atoms with Gasteiger partial charge in [0.2, 0.25) is 0 Å². The Morgan fingerprint density at radius 2 is 2.40 bits per heavy atom. The molecule has 0 radical (unpaired) electrons. The quantitative estimate of drug-likeness (QED) is 0.811. The van der Waals surface area contributed by atoms with E-state index >= 15 is 0 Å². The second-order valence-electron chi connectivity index (χ2n) is 2.84. The summed E-state index contributed by atoms with van der Waals surface area (Å²) in [6, 6.07) is 1.42. The fourth-order valence-electron chi connectivity index (χ4n) is 1.00. The molecule has 1 aromatic rings. The number of esters is 1. The lowest BCUT2D eigenvalue weighted by molar-refractivity contribution is -0.174. The van der Waals surface area contributed by atoms with E-state index in [1.807, 2.05) is 0 Å². The van der Waals surface area contributed by atoms with Crippen molar-refractivity contribution in [3.05, 3.63) is 22.4 Å². The average molecular weight is 235 g/mol. The highest BCUT2D eigenvalue weighted by Crippen LogP contribution is 2.32. The summed E-state index contributed by atoms with van der Waals surface area (Å²) in [7, 11) is 0. The normalized spacial score (nSPS) is 13.6. The molecule has 2 N–H and O–H groups in total. The van der Waals surface area contributed by atoms with E-state index in [0.717, 1.165) is 11.3 Å². The minimum atomic E-state index is -3.68. The van der Waals surface area contributed by atoms with Gasteiger partial charge in [-0.3, -0.25) is 0 Å². The van der Waals surface area contributed by atoms with Gasteiger partial charge < -0.3 is 10.5 Å². The molecule has 0 aliphatic heterocycles. The van der Waals surface area contributed by atoms with Gasteiger partial charge in [0, 0.05) is 4.88 Å². The van der Waals surface area contributed by atoms with E-state index in [9.17, 15) is 13.6 Å². The van der Waals surface area contributed by atoms with Gasteiger partial charge in [-0.15, -0.1) is 11.3 Å². The SMILES string of the molecule is CCOC(=O)C(F)(F)[C@@H](N)c1cccs1. The predicted octanol–water partition coefficient (Wildman–Crippen LogP) is 1.95. The molecule has 1 heterocycles. The number of hydrogen-bond donors (Lipinski definition) is 1. The number of carbonyl (C=O) groups is 1. The van der Waals surface area contributed by atoms with Crippen molar-refractivity contribution in [3.8, 4) is 0 Å². The summed E-state index contributed by atoms with van der Waals surface area (Å²) in [5.74, 6) is -5.26. The maximum absolute atomic E-state index is 13.4. The molecular formula is C9H11F2NO2S. The average Bonchev–Trinajstić information content (AvgIpc) is 2.69. The lowest BCUT2D eigenvalue weighted by Crippen LogP contribution is -2.41. The van der Waals surface area contributed by atoms with Crippen LogP contribution in [-0.2, 0) is 9.53 Å². The van der Waals surface area contributed by atoms with Crippen molar-refractivity contribution < 1.29 is 18.3 Å². The largest absolute Gasteiger partial charge is 0.462 e. The molecule has 0 aromatic carbocycles. The number of carbonyl (C=O) groups excluding carboxylic acids is 1. The van der Waals surface area contributed by atoms with Crippen molar-refractivity contribution in [1.82, 2.24) is 0 Å². The Kier molecular flexibility index (Phi) is 3.76. The van der Waals surface area contributed by atoms with Gasteiger partial charge in [-0.25, -0.2) is 4.79 Å². The molecule has 84 valence electrons. The molecule has 0 bridgehead atoms. The van der Waals surface area contributed by atoms with Crippen LogP contribution in [0, 0.1) is 0 Å². The van der Waals surface area contributed by atoms with Crippen LogP contribution in [-0.4, -0.2) is 18.5 Å². The smallest absolute Gasteiger partial charge is 0.379 e. The second-order valence-corrected chi connectivity index (χ2v) is 3.82. The van der Waals surface area contributed by atoms with Gasteiger partial charge in [-0.05, 0) is 18.4 Å². The summed E-state index contributed by atoms with van der Waals surface area (Å²) in [5, 5.41) is 1.62. The van der Waals surface area contributed by atoms with Crippen molar-refractivity contribution in [2.45, 2.75) is 18.9 Å². The fourth-order valence-corrected chi connectivity index (χ4v) is 1.77. The van der Waals surface area contributed by atoms with Crippen molar-refractivity contribution >= 4 is 17.3 Å². The molecule has 0 unspecified atom stereocenters. The number of halogens is 2. The molecule has 0 aliphatic carbocycles. The van der Waals surface area contributed by atoms with E-state index in [2.05, 4.69) is 4.74 Å². The first-order valence-corrected chi connectivity index (χ1v) is 5.22. The summed E-state index contributed by atoms with van der Waals surface area (Å²) < 4.78 is 31.0. The van der Waals surface area contributed by atoms with Crippen LogP contribution in [0.3, 0.4) is 0 Å². The summed E-state index contributed by atoms with van der Waals surface area (Å²) in [6.45, 7) is 1.37. The van der Waals surface area contributed by atoms with Crippen LogP contribution in [0.2, 0.25) is 0 Å². The maximum Gasteiger partial charge on any atom is 0.379 e. The molecule has 0 saturated carbocycles. The summed E-state index contributed by atoms with van der Waals surface area (Å²) >= 11 is 1.08. The monoisotopic (exact) mass is 235 g/mol. The van der Waals surface area contributed by atoms with E-state index in [0.29, 0.717) is 0 Å². The third kappa shape index (κ3) is 2.51. The number of rotatable bonds is 4. The highest BCUT2D eigenvalue weighted by Gasteiger charge is 2.48. The lowest BCUT2D eigenvalue weighted by Gasteiger charge is -2.20. The Balaban J connectivity index is 2.81. The molecule has 0 fully saturated rings. The van der Waals surface area contributed by atoms with Crippen LogP contribution in [0.5, 0.6) is 0 Å². The number of thiophene rings is 1. The molecule has 1 rings (SSSR count). The Hall–Kier alpha value is -1.01. The van der Waals surface area contributed by atoms with Crippen LogP contribution >= 0.6 is 11.3 Å². The Morgan fingerprint density at radius 1 is 1.73 bits per heavy atom. The fraction of sp³-hybridized carbons (Fsp3) is 0.444. The van der Waals surface area contributed by atoms with Gasteiger partial charge >= 0.3 is 11.9 Å². The molecule has 15 heavy (non-hydrogen) atoms. The van der Waals surface area contributed by atoms with Crippen LogP contribution < -0.4 is 5.73 Å². The molecule has 3 nitrogen and oxygen atoms in total. The van der Waals surface area contributed by atoms with E-state index < -0.39 is 17.9 Å². The molecule has 1 aromatic heterocycles. The van der Waals surface area contributed by atoms with Gasteiger partial charge in [0.05, 0.1) is 6.61 Å². The molecule has 0 spiro atoms. The van der Waals surface area contributed by atoms with Crippen molar-refractivity contribution in [2.75, 3.05) is 6.61 Å². The van der Waals surface area contributed by atoms with E-state index in [1.165, 1.54) is 13.0 Å². The van der Waals surface area contributed by atoms with Crippen LogP contribution in [0.15, 0.2) is 17.5 Å². The molecular weight excluding hydrogens is 224 g/mol. The van der Waals surface area contributed by atoms with E-state index in [-0.39, 0.29) is 11.5 Å². The molecule has 0 amide bonds. The van der Waals surface area contributed by atoms with Gasteiger partial charge in [0.25, 0.3) is 0 Å². The standard InChI is InChI=1S/C9H11F2NO2S/c1-2-14-8(13)9(10,11)7(12)6-4-3-5-15-6/h3-5,7H,2,12H2,1H3/t7-/m0/s1. The minimum absolute atomic E-state index is 0.0917. The Bertz CT molecular complexity index is 327. The summed E-state index contributed by atoms with van der Waals surface area (Å²) in [4.78, 5) is 11.2. The Labute approximate surface area is 89.8 Å². The molecule has 0 saturated heterocycles. The first-order valence-electron chi connectivity index (χ1n) is 4.34. The Morgan fingerprint density at radius 3 is 2.87 bits per heavy atom. The van der Waals surface area contributed by atoms with Crippen molar-refractivity contribution in [3.63, 3.8) is 0 Å². The third-order valence-electron chi connectivity index (χ3n) is 1.79. The maximum atomic E-state index is 13.4. The number of nitrogens with two attached hydrogens (primary N) is 1. The first kappa shape index (κ1) is 12.1. The topological polar surface area (TPSA) is 52.3 Å². The van der Waals surface area contributed by atoms with Crippen molar-refractivity contribution in [2.24, 2.45) is 5.73 Å². The number of alkyl halides is 2. The van der Waals surface area contributed by atoms with Crippen LogP contribution in [0.4, 0.5) is 8.78 Å². The van der Waals surface area contributed by atoms with Crippen LogP contribution in [0.1, 0.15) is 17.8 Å². The predicted molar refractivity (Wildman–Crippen MR) is 52.8 cm³/mol. The van der Waals surface area contributed by atoms with Crippen molar-refractivity contribution in [1.29, 1.82) is 0 Å². The van der Waals surface area contributed by atoms with E-state index in [1.54, 1.807) is 11.4 Å². The number of ether oxygens (including phenoxy) is 1. The highest BCUT2D eigenvalue weighted by molar-refractivity contribution is 7.10. The zero-order valence-corrected chi connectivity index (χ0v) is 8.89. The van der Waals surface area contributed by atoms with E-state index in [4.69, 9.17) is 5.73 Å². The van der Waals surface area contributed by atoms with Gasteiger partial charge in [-0.2, -0.15) is 8.78 Å². The van der Waals surface area contributed by atoms with Gasteiger partial charge in [0.1, 0.15) is 6.04 Å². The van der Waals surface area contributed by atoms with Gasteiger partial charge in [0.15, 0.2) is 0 Å². The second kappa shape index (κ2) is 4.67. The zero-order valence-electron chi connectivity index (χ0n) is 8.07. The summed E-state index contributed by atoms with van der Waals surface area (Å²) in [5.41, 5.74) is 5.31.